The van der Waals surface area contributed by atoms with Crippen LogP contribution in [0.5, 0.6) is 5.75 Å². The highest BCUT2D eigenvalue weighted by Gasteiger charge is 2.33. The summed E-state index contributed by atoms with van der Waals surface area (Å²) in [5, 5.41) is 2.70. The smallest absolute Gasteiger partial charge is 0.329 e. The molecule has 3 aromatic carbocycles. The Labute approximate surface area is 228 Å². The van der Waals surface area contributed by atoms with Gasteiger partial charge in [0.1, 0.15) is 18.1 Å². The van der Waals surface area contributed by atoms with Crippen LogP contribution in [0.2, 0.25) is 0 Å². The lowest BCUT2D eigenvalue weighted by atomic mass is 10.1. The van der Waals surface area contributed by atoms with Gasteiger partial charge in [0.05, 0.1) is 13.7 Å². The molecule has 0 aromatic heterocycles. The monoisotopic (exact) mass is 728 g/mol. The van der Waals surface area contributed by atoms with E-state index in [-0.39, 0.29) is 18.1 Å². The minimum atomic E-state index is -0.411. The second kappa shape index (κ2) is 10.6. The molecule has 0 radical (unpaired) electrons. The number of aryl methyl sites for hydroxylation is 1. The number of nitrogens with one attached hydrogen (secondary N) is 1. The van der Waals surface area contributed by atoms with Gasteiger partial charge in [-0.25, -0.2) is 4.79 Å². The first-order chi connectivity index (χ1) is 15.8. The van der Waals surface area contributed by atoms with E-state index in [4.69, 9.17) is 4.74 Å². The zero-order chi connectivity index (χ0) is 23.5. The highest BCUT2D eigenvalue weighted by Crippen LogP contribution is 2.31. The van der Waals surface area contributed by atoms with Gasteiger partial charge in [-0.05, 0) is 99.1 Å². The van der Waals surface area contributed by atoms with Crippen molar-refractivity contribution in [3.8, 4) is 5.75 Å². The fourth-order valence-electron chi connectivity index (χ4n) is 3.41. The van der Waals surface area contributed by atoms with Gasteiger partial charge in [-0.1, -0.05) is 57.9 Å². The van der Waals surface area contributed by atoms with Crippen molar-refractivity contribution in [1.82, 2.24) is 10.2 Å². The van der Waals surface area contributed by atoms with Crippen molar-refractivity contribution >= 4 is 79.1 Å². The van der Waals surface area contributed by atoms with E-state index in [9.17, 15) is 9.59 Å². The SMILES string of the molecule is Cc1cccc(CN2C(=O)N/C(=C/c3cc(I)c(OCc4ccc(Br)cc4)c(I)c3)C2=O)c1. The summed E-state index contributed by atoms with van der Waals surface area (Å²) in [7, 11) is 0. The van der Waals surface area contributed by atoms with Crippen LogP contribution in [0.3, 0.4) is 0 Å². The molecule has 4 rings (SSSR count). The third-order valence-corrected chi connectivity index (χ3v) is 7.14. The predicted octanol–water partition coefficient (Wildman–Crippen LogP) is 6.64. The fraction of sp³-hybridized carbons (Fsp3) is 0.120. The minimum absolute atomic E-state index is 0.238. The van der Waals surface area contributed by atoms with Gasteiger partial charge >= 0.3 is 6.03 Å². The molecule has 0 unspecified atom stereocenters. The summed E-state index contributed by atoms with van der Waals surface area (Å²) < 4.78 is 8.94. The summed E-state index contributed by atoms with van der Waals surface area (Å²) in [4.78, 5) is 26.5. The maximum atomic E-state index is 12.9. The Balaban J connectivity index is 1.49. The van der Waals surface area contributed by atoms with Crippen LogP contribution >= 0.6 is 61.1 Å². The molecule has 1 fully saturated rings. The van der Waals surface area contributed by atoms with E-state index in [1.54, 1.807) is 6.08 Å². The van der Waals surface area contributed by atoms with E-state index >= 15 is 0 Å². The molecule has 5 nitrogen and oxygen atoms in total. The Morgan fingerprint density at radius 2 is 1.70 bits per heavy atom. The molecule has 1 heterocycles. The molecule has 1 N–H and O–H groups in total. The van der Waals surface area contributed by atoms with Crippen LogP contribution in [0.25, 0.3) is 6.08 Å². The Hall–Kier alpha value is -1.92. The minimum Gasteiger partial charge on any atom is -0.487 e. The first-order valence-corrected chi connectivity index (χ1v) is 13.0. The van der Waals surface area contributed by atoms with E-state index in [2.05, 4.69) is 66.4 Å². The lowest BCUT2D eigenvalue weighted by Crippen LogP contribution is -2.30. The summed E-state index contributed by atoms with van der Waals surface area (Å²) in [5.74, 6) is 0.464. The Morgan fingerprint density at radius 3 is 2.36 bits per heavy atom. The van der Waals surface area contributed by atoms with Crippen molar-refractivity contribution in [2.45, 2.75) is 20.1 Å². The number of ether oxygens (including phenoxy) is 1. The molecule has 1 aliphatic rings. The first kappa shape index (κ1) is 24.2. The average molecular weight is 729 g/mol. The van der Waals surface area contributed by atoms with Gasteiger partial charge in [0.15, 0.2) is 0 Å². The van der Waals surface area contributed by atoms with Crippen molar-refractivity contribution in [2.24, 2.45) is 0 Å². The molecule has 1 saturated heterocycles. The summed E-state index contributed by atoms with van der Waals surface area (Å²) >= 11 is 7.89. The fourth-order valence-corrected chi connectivity index (χ4v) is 5.80. The van der Waals surface area contributed by atoms with E-state index in [0.717, 1.165) is 39.6 Å². The molecular formula is C25H19BrI2N2O3. The largest absolute Gasteiger partial charge is 0.487 e. The number of imide groups is 1. The molecule has 33 heavy (non-hydrogen) atoms. The average Bonchev–Trinajstić information content (AvgIpc) is 3.02. The van der Waals surface area contributed by atoms with Crippen molar-refractivity contribution in [2.75, 3.05) is 0 Å². The Bertz CT molecular complexity index is 1240. The van der Waals surface area contributed by atoms with Gasteiger partial charge in [0.25, 0.3) is 5.91 Å². The van der Waals surface area contributed by atoms with Crippen molar-refractivity contribution < 1.29 is 14.3 Å². The second-order valence-electron chi connectivity index (χ2n) is 7.60. The molecule has 0 saturated carbocycles. The summed E-state index contributed by atoms with van der Waals surface area (Å²) in [6, 6.07) is 19.3. The van der Waals surface area contributed by atoms with Crippen LogP contribution in [0.15, 0.2) is 70.8 Å². The van der Waals surface area contributed by atoms with E-state index in [1.807, 2.05) is 67.6 Å². The zero-order valence-corrected chi connectivity index (χ0v) is 23.5. The lowest BCUT2D eigenvalue weighted by molar-refractivity contribution is -0.123. The van der Waals surface area contributed by atoms with Gasteiger partial charge in [0.2, 0.25) is 0 Å². The number of urea groups is 1. The van der Waals surface area contributed by atoms with E-state index < -0.39 is 6.03 Å². The topological polar surface area (TPSA) is 58.6 Å². The lowest BCUT2D eigenvalue weighted by Gasteiger charge is -2.12. The van der Waals surface area contributed by atoms with Crippen LogP contribution < -0.4 is 10.1 Å². The molecular weight excluding hydrogens is 710 g/mol. The summed E-state index contributed by atoms with van der Waals surface area (Å²) in [6.45, 7) is 2.68. The standard InChI is InChI=1S/C25H19BrI2N2O3/c1-15-3-2-4-17(9-15)13-30-24(31)22(29-25(30)32)12-18-10-20(27)23(21(28)11-18)33-14-16-5-7-19(26)8-6-16/h2-12H,13-14H2,1H3,(H,29,32)/b22-12+. The second-order valence-corrected chi connectivity index (χ2v) is 10.8. The number of nitrogens with zero attached hydrogens (tertiary/aromatic N) is 1. The summed E-state index contributed by atoms with van der Waals surface area (Å²) in [5.41, 5.74) is 4.16. The molecule has 168 valence electrons. The van der Waals surface area contributed by atoms with Gasteiger partial charge in [-0.3, -0.25) is 9.69 Å². The number of carbonyl (C=O) groups excluding carboxylic acids is 2. The van der Waals surface area contributed by atoms with Gasteiger partial charge in [-0.2, -0.15) is 0 Å². The maximum absolute atomic E-state index is 12.9. The number of rotatable bonds is 6. The number of amides is 3. The first-order valence-electron chi connectivity index (χ1n) is 10.1. The molecule has 8 heteroatoms. The predicted molar refractivity (Wildman–Crippen MR) is 149 cm³/mol. The number of carbonyl (C=O) groups is 2. The molecule has 3 aromatic rings. The van der Waals surface area contributed by atoms with E-state index in [1.165, 1.54) is 4.90 Å². The van der Waals surface area contributed by atoms with Crippen LogP contribution in [-0.4, -0.2) is 16.8 Å². The van der Waals surface area contributed by atoms with Crippen molar-refractivity contribution in [3.63, 3.8) is 0 Å². The van der Waals surface area contributed by atoms with Crippen molar-refractivity contribution in [3.05, 3.63) is 100 Å². The number of hydrogen-bond acceptors (Lipinski definition) is 3. The van der Waals surface area contributed by atoms with Crippen LogP contribution in [0, 0.1) is 14.1 Å². The molecule has 0 bridgehead atoms. The highest BCUT2D eigenvalue weighted by atomic mass is 127. The zero-order valence-electron chi connectivity index (χ0n) is 17.6. The third-order valence-electron chi connectivity index (χ3n) is 5.01. The maximum Gasteiger partial charge on any atom is 0.329 e. The van der Waals surface area contributed by atoms with Crippen molar-refractivity contribution in [1.29, 1.82) is 0 Å². The molecule has 0 spiro atoms. The Morgan fingerprint density at radius 1 is 1.00 bits per heavy atom. The molecule has 3 amide bonds. The normalized spacial score (nSPS) is 14.7. The van der Waals surface area contributed by atoms with Gasteiger partial charge in [0, 0.05) is 4.47 Å². The number of halogens is 3. The third kappa shape index (κ3) is 5.96. The number of benzene rings is 3. The van der Waals surface area contributed by atoms with Crippen LogP contribution in [0.4, 0.5) is 4.79 Å². The quantitative estimate of drug-likeness (QED) is 0.176. The van der Waals surface area contributed by atoms with Crippen LogP contribution in [0.1, 0.15) is 22.3 Å². The van der Waals surface area contributed by atoms with E-state index in [0.29, 0.717) is 6.61 Å². The Kier molecular flexibility index (Phi) is 7.75. The van der Waals surface area contributed by atoms with Crippen LogP contribution in [-0.2, 0) is 17.9 Å². The molecule has 1 aliphatic heterocycles. The summed E-state index contributed by atoms with van der Waals surface area (Å²) in [6.07, 6.45) is 1.71. The van der Waals surface area contributed by atoms with Gasteiger partial charge in [-0.15, -0.1) is 0 Å². The molecule has 0 atom stereocenters. The van der Waals surface area contributed by atoms with Gasteiger partial charge < -0.3 is 10.1 Å². The number of hydrogen-bond donors (Lipinski definition) is 1. The highest BCUT2D eigenvalue weighted by molar-refractivity contribution is 14.1. The molecule has 0 aliphatic carbocycles.